The van der Waals surface area contributed by atoms with Gasteiger partial charge < -0.3 is 24.6 Å². The molecule has 1 unspecified atom stereocenters. The minimum atomic E-state index is -1.03. The van der Waals surface area contributed by atoms with Crippen molar-refractivity contribution < 1.29 is 28.9 Å². The number of carboxylic acids is 1. The van der Waals surface area contributed by atoms with E-state index < -0.39 is 17.5 Å². The lowest BCUT2D eigenvalue weighted by molar-refractivity contribution is -0.119. The number of ether oxygens (including phenoxy) is 3. The maximum absolute atomic E-state index is 13.1. The number of benzene rings is 2. The van der Waals surface area contributed by atoms with Crippen LogP contribution in [0.15, 0.2) is 54.7 Å². The first-order chi connectivity index (χ1) is 15.6. The van der Waals surface area contributed by atoms with Crippen LogP contribution in [0.1, 0.15) is 27.2 Å². The number of para-hydroxylation sites is 1. The minimum absolute atomic E-state index is 0.134. The molecule has 1 aromatic heterocycles. The fraction of sp³-hybridized carbons (Fsp3) is 0.208. The molecule has 0 saturated carbocycles. The van der Waals surface area contributed by atoms with E-state index in [1.165, 1.54) is 6.07 Å². The Morgan fingerprint density at radius 2 is 1.97 bits per heavy atom. The average molecular weight is 430 g/mol. The third-order valence-corrected chi connectivity index (χ3v) is 6.23. The Kier molecular flexibility index (Phi) is 3.92. The number of carboxylic acid groups (broad SMARTS) is 1. The monoisotopic (exact) mass is 430 g/mol. The molecule has 2 atom stereocenters. The number of fused-ring (bicyclic) bond motifs is 5. The first-order valence-corrected chi connectivity index (χ1v) is 10.3. The number of carbonyl (C=O) groups excluding carboxylic acids is 1. The Morgan fingerprint density at radius 3 is 2.84 bits per heavy atom. The largest absolute Gasteiger partial charge is 0.491 e. The van der Waals surface area contributed by atoms with Gasteiger partial charge in [-0.05, 0) is 29.8 Å². The summed E-state index contributed by atoms with van der Waals surface area (Å²) in [5, 5.41) is 12.4. The minimum Gasteiger partial charge on any atom is -0.491 e. The van der Waals surface area contributed by atoms with Crippen LogP contribution in [0.4, 0.5) is 5.69 Å². The molecule has 0 fully saturated rings. The fourth-order valence-corrected chi connectivity index (χ4v) is 4.70. The van der Waals surface area contributed by atoms with E-state index in [0.717, 1.165) is 16.8 Å². The Hall–Kier alpha value is -4.07. The van der Waals surface area contributed by atoms with Crippen LogP contribution in [-0.2, 0) is 16.6 Å². The number of pyridine rings is 1. The molecule has 1 spiro atoms. The van der Waals surface area contributed by atoms with Gasteiger partial charge in [-0.3, -0.25) is 9.78 Å². The zero-order chi connectivity index (χ0) is 21.9. The van der Waals surface area contributed by atoms with Gasteiger partial charge in [0.1, 0.15) is 30.5 Å². The molecule has 6 rings (SSSR count). The molecule has 8 nitrogen and oxygen atoms in total. The van der Waals surface area contributed by atoms with Crippen molar-refractivity contribution in [2.45, 2.75) is 17.9 Å². The van der Waals surface area contributed by atoms with Crippen LogP contribution < -0.4 is 19.5 Å². The highest BCUT2D eigenvalue weighted by molar-refractivity contribution is 6.10. The van der Waals surface area contributed by atoms with E-state index in [1.54, 1.807) is 18.3 Å². The number of carbonyl (C=O) groups is 2. The molecule has 3 aliphatic heterocycles. The third kappa shape index (κ3) is 2.59. The summed E-state index contributed by atoms with van der Waals surface area (Å²) in [6.07, 6.45) is 1.42. The number of aromatic carboxylic acids is 1. The number of rotatable bonds is 3. The molecule has 2 aromatic carbocycles. The fourth-order valence-electron chi connectivity index (χ4n) is 4.70. The number of nitrogens with zero attached hydrogens (tertiary/aromatic N) is 1. The van der Waals surface area contributed by atoms with Gasteiger partial charge in [0.2, 0.25) is 5.91 Å². The summed E-state index contributed by atoms with van der Waals surface area (Å²) in [6, 6.07) is 14.3. The van der Waals surface area contributed by atoms with Gasteiger partial charge in [0.25, 0.3) is 0 Å². The van der Waals surface area contributed by atoms with E-state index in [2.05, 4.69) is 10.3 Å². The second-order valence-electron chi connectivity index (χ2n) is 8.05. The SMILES string of the molecule is O=C(O)c1cccnc1CC1COc2cc3c(cc2O1)[C@]1(CO3)C(=O)Nc2ccccc21. The van der Waals surface area contributed by atoms with Crippen molar-refractivity contribution in [1.29, 1.82) is 0 Å². The predicted octanol–water partition coefficient (Wildman–Crippen LogP) is 2.79. The topological polar surface area (TPSA) is 107 Å². The van der Waals surface area contributed by atoms with Gasteiger partial charge >= 0.3 is 5.97 Å². The Morgan fingerprint density at radius 1 is 1.09 bits per heavy atom. The average Bonchev–Trinajstić information content (AvgIpc) is 3.31. The van der Waals surface area contributed by atoms with Gasteiger partial charge in [-0.1, -0.05) is 18.2 Å². The zero-order valence-electron chi connectivity index (χ0n) is 16.8. The van der Waals surface area contributed by atoms with Crippen LogP contribution in [0.25, 0.3) is 0 Å². The van der Waals surface area contributed by atoms with E-state index in [1.807, 2.05) is 30.3 Å². The van der Waals surface area contributed by atoms with E-state index in [4.69, 9.17) is 14.2 Å². The summed E-state index contributed by atoms with van der Waals surface area (Å²) in [4.78, 5) is 28.8. The lowest BCUT2D eigenvalue weighted by atomic mass is 9.77. The van der Waals surface area contributed by atoms with Crippen LogP contribution in [0.5, 0.6) is 17.2 Å². The van der Waals surface area contributed by atoms with E-state index in [0.29, 0.717) is 22.9 Å². The van der Waals surface area contributed by atoms with Crippen molar-refractivity contribution in [3.63, 3.8) is 0 Å². The van der Waals surface area contributed by atoms with Gasteiger partial charge in [0.05, 0.1) is 11.3 Å². The van der Waals surface area contributed by atoms with Crippen LogP contribution in [-0.4, -0.2) is 41.3 Å². The highest BCUT2D eigenvalue weighted by Gasteiger charge is 2.54. The summed E-state index contributed by atoms with van der Waals surface area (Å²) >= 11 is 0. The van der Waals surface area contributed by atoms with Gasteiger partial charge in [0, 0.05) is 29.9 Å². The van der Waals surface area contributed by atoms with Crippen LogP contribution in [0.3, 0.4) is 0 Å². The molecule has 3 aliphatic rings. The first kappa shape index (κ1) is 18.7. The zero-order valence-corrected chi connectivity index (χ0v) is 16.8. The lowest BCUT2D eigenvalue weighted by Crippen LogP contribution is -2.37. The Bertz CT molecular complexity index is 1290. The first-order valence-electron chi connectivity index (χ1n) is 10.3. The molecule has 8 heteroatoms. The predicted molar refractivity (Wildman–Crippen MR) is 113 cm³/mol. The summed E-state index contributed by atoms with van der Waals surface area (Å²) in [5.41, 5.74) is 2.01. The molecular formula is C24H18N2O6. The molecule has 0 saturated heterocycles. The molecule has 0 bridgehead atoms. The second kappa shape index (κ2) is 6.71. The molecule has 2 N–H and O–H groups in total. The van der Waals surface area contributed by atoms with E-state index >= 15 is 0 Å². The maximum atomic E-state index is 13.1. The summed E-state index contributed by atoms with van der Waals surface area (Å²) in [6.45, 7) is 0.448. The van der Waals surface area contributed by atoms with Crippen molar-refractivity contribution >= 4 is 17.6 Å². The molecular weight excluding hydrogens is 412 g/mol. The quantitative estimate of drug-likeness (QED) is 0.658. The molecule has 0 radical (unpaired) electrons. The third-order valence-electron chi connectivity index (χ3n) is 6.23. The number of hydrogen-bond donors (Lipinski definition) is 2. The summed E-state index contributed by atoms with van der Waals surface area (Å²) < 4.78 is 18.0. The highest BCUT2D eigenvalue weighted by atomic mass is 16.6. The van der Waals surface area contributed by atoms with Gasteiger partial charge in [-0.15, -0.1) is 0 Å². The standard InChI is InChI=1S/C24H18N2O6/c27-22(28)14-4-3-7-25-18(14)8-13-11-30-20-10-19-16(9-21(20)32-13)24(12-31-19)15-5-1-2-6-17(15)26-23(24)29/h1-7,9-10,13H,8,11-12H2,(H,26,29)(H,27,28)/t13?,24-/m1/s1. The molecule has 32 heavy (non-hydrogen) atoms. The van der Waals surface area contributed by atoms with Gasteiger partial charge in [0.15, 0.2) is 11.5 Å². The van der Waals surface area contributed by atoms with Crippen molar-refractivity contribution in [3.05, 3.63) is 77.1 Å². The van der Waals surface area contributed by atoms with Crippen LogP contribution in [0, 0.1) is 0 Å². The highest BCUT2D eigenvalue weighted by Crippen LogP contribution is 2.53. The summed E-state index contributed by atoms with van der Waals surface area (Å²) in [7, 11) is 0. The lowest BCUT2D eigenvalue weighted by Gasteiger charge is -2.28. The molecule has 3 aromatic rings. The van der Waals surface area contributed by atoms with Crippen molar-refractivity contribution in [2.75, 3.05) is 18.5 Å². The van der Waals surface area contributed by atoms with Crippen LogP contribution >= 0.6 is 0 Å². The molecule has 160 valence electrons. The Balaban J connectivity index is 1.35. The summed E-state index contributed by atoms with van der Waals surface area (Å²) in [5.74, 6) is 0.451. The molecule has 1 amide bonds. The Labute approximate surface area is 182 Å². The van der Waals surface area contributed by atoms with E-state index in [9.17, 15) is 14.7 Å². The number of hydrogen-bond acceptors (Lipinski definition) is 6. The van der Waals surface area contributed by atoms with Crippen molar-refractivity contribution in [2.24, 2.45) is 0 Å². The van der Waals surface area contributed by atoms with E-state index in [-0.39, 0.29) is 31.1 Å². The number of amides is 1. The van der Waals surface area contributed by atoms with Crippen molar-refractivity contribution in [1.82, 2.24) is 4.98 Å². The van der Waals surface area contributed by atoms with Crippen LogP contribution in [0.2, 0.25) is 0 Å². The second-order valence-corrected chi connectivity index (χ2v) is 8.05. The maximum Gasteiger partial charge on any atom is 0.337 e. The normalized spacial score (nSPS) is 22.1. The molecule has 0 aliphatic carbocycles. The van der Waals surface area contributed by atoms with Gasteiger partial charge in [-0.2, -0.15) is 0 Å². The molecule has 4 heterocycles. The number of aromatic nitrogens is 1. The van der Waals surface area contributed by atoms with Crippen molar-refractivity contribution in [3.8, 4) is 17.2 Å². The number of nitrogens with one attached hydrogen (secondary N) is 1. The van der Waals surface area contributed by atoms with Gasteiger partial charge in [-0.25, -0.2) is 4.79 Å². The smallest absolute Gasteiger partial charge is 0.337 e. The number of anilines is 1.